The molecule has 3 heterocycles. The van der Waals surface area contributed by atoms with E-state index in [-0.39, 0.29) is 6.61 Å². The van der Waals surface area contributed by atoms with Gasteiger partial charge in [-0.3, -0.25) is 14.2 Å². The number of para-hydroxylation sites is 2. The van der Waals surface area contributed by atoms with Crippen LogP contribution in [0.15, 0.2) is 54.7 Å². The number of aliphatic hydroxyl groups is 1. The first kappa shape index (κ1) is 20.1. The number of methoxy groups -OCH3 is 1. The highest BCUT2D eigenvalue weighted by Gasteiger charge is 2.19. The highest BCUT2D eigenvalue weighted by Crippen LogP contribution is 2.28. The molecular formula is C24H29N5O2. The van der Waals surface area contributed by atoms with Gasteiger partial charge in [0, 0.05) is 57.6 Å². The van der Waals surface area contributed by atoms with Crippen molar-refractivity contribution in [2.45, 2.75) is 6.54 Å². The molecule has 0 amide bonds. The van der Waals surface area contributed by atoms with Crippen LogP contribution in [0.2, 0.25) is 0 Å². The Morgan fingerprint density at radius 3 is 2.32 bits per heavy atom. The molecule has 2 aromatic heterocycles. The number of ether oxygens (including phenoxy) is 1. The molecule has 162 valence electrons. The third-order valence-electron chi connectivity index (χ3n) is 6.27. The van der Waals surface area contributed by atoms with Crippen molar-refractivity contribution in [3.05, 3.63) is 54.7 Å². The fourth-order valence-corrected chi connectivity index (χ4v) is 4.48. The minimum absolute atomic E-state index is 0.236. The van der Waals surface area contributed by atoms with Crippen molar-refractivity contribution in [1.82, 2.24) is 23.8 Å². The van der Waals surface area contributed by atoms with Crippen LogP contribution in [0.25, 0.3) is 28.1 Å². The molecule has 0 saturated carbocycles. The Morgan fingerprint density at radius 1 is 0.903 bits per heavy atom. The molecule has 0 bridgehead atoms. The Morgan fingerprint density at radius 2 is 1.61 bits per heavy atom. The molecule has 1 N–H and O–H groups in total. The molecule has 7 nitrogen and oxygen atoms in total. The third kappa shape index (κ3) is 3.92. The van der Waals surface area contributed by atoms with Crippen molar-refractivity contribution in [1.29, 1.82) is 0 Å². The van der Waals surface area contributed by atoms with Gasteiger partial charge in [-0.15, -0.1) is 0 Å². The normalized spacial score (nSPS) is 15.8. The zero-order valence-corrected chi connectivity index (χ0v) is 17.9. The maximum atomic E-state index is 9.17. The first-order valence-corrected chi connectivity index (χ1v) is 10.9. The first-order chi connectivity index (χ1) is 15.3. The molecule has 1 aliphatic heterocycles. The summed E-state index contributed by atoms with van der Waals surface area (Å²) in [6.07, 6.45) is 2.20. The highest BCUT2D eigenvalue weighted by atomic mass is 16.5. The van der Waals surface area contributed by atoms with E-state index in [2.05, 4.69) is 55.3 Å². The minimum Gasteiger partial charge on any atom is -0.497 e. The summed E-state index contributed by atoms with van der Waals surface area (Å²) >= 11 is 0. The number of benzene rings is 2. The van der Waals surface area contributed by atoms with Crippen molar-refractivity contribution in [2.24, 2.45) is 0 Å². The Labute approximate surface area is 182 Å². The number of fused-ring (bicyclic) bond motifs is 3. The first-order valence-electron chi connectivity index (χ1n) is 10.9. The Bertz CT molecular complexity index is 1160. The quantitative estimate of drug-likeness (QED) is 0.499. The van der Waals surface area contributed by atoms with Crippen molar-refractivity contribution < 1.29 is 9.84 Å². The van der Waals surface area contributed by atoms with Gasteiger partial charge in [-0.05, 0) is 36.4 Å². The fraction of sp³-hybridized carbons (Fsp3) is 0.375. The second kappa shape index (κ2) is 8.70. The van der Waals surface area contributed by atoms with E-state index in [0.717, 1.165) is 79.6 Å². The van der Waals surface area contributed by atoms with Gasteiger partial charge in [-0.1, -0.05) is 12.1 Å². The van der Waals surface area contributed by atoms with Gasteiger partial charge in [0.25, 0.3) is 0 Å². The van der Waals surface area contributed by atoms with E-state index >= 15 is 0 Å². The Hall–Kier alpha value is -2.87. The molecule has 7 heteroatoms. The molecule has 2 aromatic carbocycles. The summed E-state index contributed by atoms with van der Waals surface area (Å²) in [5, 5.41) is 9.17. The summed E-state index contributed by atoms with van der Waals surface area (Å²) in [7, 11) is 1.69. The van der Waals surface area contributed by atoms with Crippen molar-refractivity contribution in [3.63, 3.8) is 0 Å². The molecule has 5 rings (SSSR count). The van der Waals surface area contributed by atoms with Crippen molar-refractivity contribution >= 4 is 16.8 Å². The lowest BCUT2D eigenvalue weighted by Crippen LogP contribution is -2.47. The van der Waals surface area contributed by atoms with Gasteiger partial charge in [-0.25, -0.2) is 4.98 Å². The van der Waals surface area contributed by atoms with Gasteiger partial charge >= 0.3 is 0 Å². The number of β-amino-alcohol motifs (C(OH)–C–C–N with tert-alkyl or cyclic N) is 1. The van der Waals surface area contributed by atoms with E-state index in [0.29, 0.717) is 0 Å². The van der Waals surface area contributed by atoms with Crippen LogP contribution < -0.4 is 4.74 Å². The molecule has 0 unspecified atom stereocenters. The highest BCUT2D eigenvalue weighted by molar-refractivity contribution is 5.81. The number of piperazine rings is 1. The van der Waals surface area contributed by atoms with Crippen LogP contribution in [0.5, 0.6) is 5.75 Å². The standard InChI is InChI=1S/C24H29N5O2/c1-31-20-8-6-19(7-9-20)23-18-29-22-5-3-2-4-21(22)25-24(29)28(23)15-14-26-10-12-27(13-11-26)16-17-30/h2-9,18,30H,10-17H2,1H3. The molecule has 31 heavy (non-hydrogen) atoms. The summed E-state index contributed by atoms with van der Waals surface area (Å²) in [4.78, 5) is 9.77. The molecule has 0 aliphatic carbocycles. The lowest BCUT2D eigenvalue weighted by atomic mass is 10.1. The zero-order valence-electron chi connectivity index (χ0n) is 17.9. The summed E-state index contributed by atoms with van der Waals surface area (Å²) in [6, 6.07) is 16.5. The number of aromatic nitrogens is 3. The predicted octanol–water partition coefficient (Wildman–Crippen LogP) is 2.57. The summed E-state index contributed by atoms with van der Waals surface area (Å²) < 4.78 is 9.88. The van der Waals surface area contributed by atoms with E-state index in [1.165, 1.54) is 0 Å². The summed E-state index contributed by atoms with van der Waals surface area (Å²) in [6.45, 7) is 6.96. The number of nitrogens with zero attached hydrogens (tertiary/aromatic N) is 5. The lowest BCUT2D eigenvalue weighted by Gasteiger charge is -2.34. The summed E-state index contributed by atoms with van der Waals surface area (Å²) in [5.41, 5.74) is 4.46. The van der Waals surface area contributed by atoms with Crippen LogP contribution in [0.3, 0.4) is 0 Å². The van der Waals surface area contributed by atoms with E-state index in [1.807, 2.05) is 18.2 Å². The van der Waals surface area contributed by atoms with E-state index < -0.39 is 0 Å². The van der Waals surface area contributed by atoms with Gasteiger partial charge < -0.3 is 14.4 Å². The minimum atomic E-state index is 0.236. The maximum Gasteiger partial charge on any atom is 0.215 e. The van der Waals surface area contributed by atoms with Crippen LogP contribution in [-0.2, 0) is 6.54 Å². The number of aliphatic hydroxyl groups excluding tert-OH is 1. The zero-order chi connectivity index (χ0) is 21.2. The van der Waals surface area contributed by atoms with Crippen LogP contribution in [-0.4, -0.2) is 81.8 Å². The SMILES string of the molecule is COc1ccc(-c2cn3c4ccccc4nc3n2CCN2CCN(CCO)CC2)cc1. The molecule has 0 spiro atoms. The van der Waals surface area contributed by atoms with Crippen molar-refractivity contribution in [3.8, 4) is 17.0 Å². The van der Waals surface area contributed by atoms with Gasteiger partial charge in [0.2, 0.25) is 5.78 Å². The average molecular weight is 420 g/mol. The Kier molecular flexibility index (Phi) is 5.63. The number of rotatable bonds is 7. The number of imidazole rings is 2. The Balaban J connectivity index is 1.45. The van der Waals surface area contributed by atoms with E-state index in [4.69, 9.17) is 14.8 Å². The maximum absolute atomic E-state index is 9.17. The average Bonchev–Trinajstić information content (AvgIpc) is 3.35. The molecule has 0 atom stereocenters. The van der Waals surface area contributed by atoms with E-state index in [9.17, 15) is 0 Å². The number of hydrogen-bond donors (Lipinski definition) is 1. The summed E-state index contributed by atoms with van der Waals surface area (Å²) in [5.74, 6) is 1.84. The molecule has 1 aliphatic rings. The van der Waals surface area contributed by atoms with Gasteiger partial charge in [-0.2, -0.15) is 0 Å². The van der Waals surface area contributed by atoms with Crippen molar-refractivity contribution in [2.75, 3.05) is 53.0 Å². The topological polar surface area (TPSA) is 58.2 Å². The van der Waals surface area contributed by atoms with E-state index in [1.54, 1.807) is 7.11 Å². The van der Waals surface area contributed by atoms with Gasteiger partial charge in [0.1, 0.15) is 5.75 Å². The van der Waals surface area contributed by atoms with Crippen LogP contribution in [0, 0.1) is 0 Å². The van der Waals surface area contributed by atoms with Gasteiger partial charge in [0.05, 0.1) is 30.4 Å². The number of hydrogen-bond acceptors (Lipinski definition) is 5. The smallest absolute Gasteiger partial charge is 0.215 e. The molecule has 1 fully saturated rings. The monoisotopic (exact) mass is 419 g/mol. The van der Waals surface area contributed by atoms with Crippen LogP contribution in [0.1, 0.15) is 0 Å². The predicted molar refractivity (Wildman–Crippen MR) is 123 cm³/mol. The molecule has 1 saturated heterocycles. The largest absolute Gasteiger partial charge is 0.497 e. The molecule has 4 aromatic rings. The molecule has 0 radical (unpaired) electrons. The lowest BCUT2D eigenvalue weighted by molar-refractivity contribution is 0.110. The van der Waals surface area contributed by atoms with Crippen LogP contribution in [0.4, 0.5) is 0 Å². The molecular weight excluding hydrogens is 390 g/mol. The van der Waals surface area contributed by atoms with Gasteiger partial charge in [0.15, 0.2) is 0 Å². The second-order valence-corrected chi connectivity index (χ2v) is 8.07. The fourth-order valence-electron chi connectivity index (χ4n) is 4.48. The third-order valence-corrected chi connectivity index (χ3v) is 6.27. The van der Waals surface area contributed by atoms with Crippen LogP contribution >= 0.6 is 0 Å². The second-order valence-electron chi connectivity index (χ2n) is 8.07.